The number of piperidine rings is 1. The van der Waals surface area contributed by atoms with Crippen LogP contribution in [0.5, 0.6) is 5.75 Å². The van der Waals surface area contributed by atoms with Crippen molar-refractivity contribution in [2.45, 2.75) is 49.4 Å². The predicted octanol–water partition coefficient (Wildman–Crippen LogP) is 4.46. The van der Waals surface area contributed by atoms with Crippen LogP contribution < -0.4 is 4.74 Å². The lowest BCUT2D eigenvalue weighted by molar-refractivity contribution is -0.143. The number of hydrogen-bond donors (Lipinski definition) is 1. The summed E-state index contributed by atoms with van der Waals surface area (Å²) in [7, 11) is 2.10. The van der Waals surface area contributed by atoms with Gasteiger partial charge < -0.3 is 14.7 Å². The van der Waals surface area contributed by atoms with Gasteiger partial charge in [-0.05, 0) is 77.0 Å². The molecule has 0 spiro atoms. The lowest BCUT2D eigenvalue weighted by Gasteiger charge is -2.44. The number of likely N-dealkylation sites (tertiary alicyclic amines) is 1. The van der Waals surface area contributed by atoms with Crippen LogP contribution in [0, 0.1) is 19.8 Å². The number of carbonyl (C=O) groups is 1. The van der Waals surface area contributed by atoms with E-state index in [1.165, 1.54) is 0 Å². The zero-order valence-corrected chi connectivity index (χ0v) is 18.5. The van der Waals surface area contributed by atoms with Crippen molar-refractivity contribution in [2.24, 2.45) is 5.92 Å². The van der Waals surface area contributed by atoms with Gasteiger partial charge in [-0.15, -0.1) is 11.8 Å². The van der Waals surface area contributed by atoms with E-state index >= 15 is 0 Å². The number of aryl methyl sites for hydroxylation is 2. The molecule has 1 heterocycles. The first-order chi connectivity index (χ1) is 13.8. The van der Waals surface area contributed by atoms with Crippen LogP contribution in [-0.2, 0) is 4.79 Å². The standard InChI is InChI=1S/C24H31NO3S/c1-17-9-8-10-18(2)21(17)28-23(27)19(3)22(26)24(13-15-25(4)16-14-24)29-20-11-6-5-7-12-20/h5-12,19,22,26H,13-16H2,1-4H3. The highest BCUT2D eigenvalue weighted by Gasteiger charge is 2.46. The second kappa shape index (κ2) is 9.33. The van der Waals surface area contributed by atoms with E-state index in [1.807, 2.05) is 50.2 Å². The summed E-state index contributed by atoms with van der Waals surface area (Å²) in [5.41, 5.74) is 1.85. The van der Waals surface area contributed by atoms with E-state index in [-0.39, 0.29) is 5.97 Å². The number of benzene rings is 2. The molecule has 1 fully saturated rings. The number of para-hydroxylation sites is 1. The molecule has 4 nitrogen and oxygen atoms in total. The van der Waals surface area contributed by atoms with Crippen molar-refractivity contribution in [1.82, 2.24) is 4.90 Å². The highest BCUT2D eigenvalue weighted by molar-refractivity contribution is 8.00. The molecule has 2 aromatic rings. The van der Waals surface area contributed by atoms with Crippen molar-refractivity contribution in [2.75, 3.05) is 20.1 Å². The van der Waals surface area contributed by atoms with Crippen LogP contribution in [0.15, 0.2) is 53.4 Å². The van der Waals surface area contributed by atoms with Crippen molar-refractivity contribution >= 4 is 17.7 Å². The number of aliphatic hydroxyl groups is 1. The second-order valence-electron chi connectivity index (χ2n) is 8.16. The van der Waals surface area contributed by atoms with Crippen LogP contribution in [0.4, 0.5) is 0 Å². The van der Waals surface area contributed by atoms with Crippen LogP contribution in [0.2, 0.25) is 0 Å². The van der Waals surface area contributed by atoms with Crippen LogP contribution in [0.25, 0.3) is 0 Å². The number of ether oxygens (including phenoxy) is 1. The Hall–Kier alpha value is -1.82. The Morgan fingerprint density at radius 3 is 2.24 bits per heavy atom. The number of rotatable bonds is 6. The molecule has 2 aromatic carbocycles. The van der Waals surface area contributed by atoms with Gasteiger partial charge in [0.05, 0.1) is 12.0 Å². The van der Waals surface area contributed by atoms with Gasteiger partial charge in [-0.1, -0.05) is 36.4 Å². The fraction of sp³-hybridized carbons (Fsp3) is 0.458. The zero-order valence-electron chi connectivity index (χ0n) is 17.7. The van der Waals surface area contributed by atoms with Crippen molar-refractivity contribution in [3.63, 3.8) is 0 Å². The van der Waals surface area contributed by atoms with Crippen molar-refractivity contribution in [1.29, 1.82) is 0 Å². The molecule has 2 atom stereocenters. The molecule has 5 heteroatoms. The molecule has 1 saturated heterocycles. The third-order valence-corrected chi connectivity index (χ3v) is 7.46. The molecule has 1 aliphatic rings. The van der Waals surface area contributed by atoms with Gasteiger partial charge in [-0.3, -0.25) is 4.79 Å². The maximum Gasteiger partial charge on any atom is 0.316 e. The number of aliphatic hydroxyl groups excluding tert-OH is 1. The molecular weight excluding hydrogens is 382 g/mol. The summed E-state index contributed by atoms with van der Waals surface area (Å²) < 4.78 is 5.34. The van der Waals surface area contributed by atoms with Gasteiger partial charge in [0.15, 0.2) is 0 Å². The van der Waals surface area contributed by atoms with Gasteiger partial charge in [0, 0.05) is 9.64 Å². The SMILES string of the molecule is Cc1cccc(C)c1OC(=O)C(C)C(O)C1(Sc2ccccc2)CCN(C)CC1. The van der Waals surface area contributed by atoms with Gasteiger partial charge in [0.2, 0.25) is 0 Å². The third kappa shape index (κ3) is 5.03. The summed E-state index contributed by atoms with van der Waals surface area (Å²) >= 11 is 1.70. The molecule has 156 valence electrons. The van der Waals surface area contributed by atoms with E-state index in [0.29, 0.717) is 5.75 Å². The molecule has 0 aliphatic carbocycles. The summed E-state index contributed by atoms with van der Waals surface area (Å²) in [6.07, 6.45) is 0.856. The van der Waals surface area contributed by atoms with Crippen LogP contribution in [0.1, 0.15) is 30.9 Å². The monoisotopic (exact) mass is 413 g/mol. The normalized spacial score (nSPS) is 18.8. The second-order valence-corrected chi connectivity index (χ2v) is 9.65. The smallest absolute Gasteiger partial charge is 0.316 e. The number of esters is 1. The molecular formula is C24H31NO3S. The minimum Gasteiger partial charge on any atom is -0.426 e. The molecule has 2 unspecified atom stereocenters. The van der Waals surface area contributed by atoms with E-state index in [4.69, 9.17) is 4.74 Å². The molecule has 0 saturated carbocycles. The Morgan fingerprint density at radius 1 is 1.07 bits per heavy atom. The highest BCUT2D eigenvalue weighted by Crippen LogP contribution is 2.45. The maximum atomic E-state index is 13.0. The van der Waals surface area contributed by atoms with E-state index in [2.05, 4.69) is 24.1 Å². The van der Waals surface area contributed by atoms with Crippen molar-refractivity contribution in [3.8, 4) is 5.75 Å². The lowest BCUT2D eigenvalue weighted by Crippen LogP contribution is -2.52. The summed E-state index contributed by atoms with van der Waals surface area (Å²) in [5, 5.41) is 11.4. The van der Waals surface area contributed by atoms with Gasteiger partial charge in [0.25, 0.3) is 0 Å². The Kier molecular flexibility index (Phi) is 7.04. The fourth-order valence-electron chi connectivity index (χ4n) is 3.92. The first kappa shape index (κ1) is 21.9. The Bertz CT molecular complexity index is 811. The minimum absolute atomic E-state index is 0.373. The molecule has 0 bridgehead atoms. The van der Waals surface area contributed by atoms with Gasteiger partial charge in [-0.25, -0.2) is 0 Å². The van der Waals surface area contributed by atoms with Gasteiger partial charge in [-0.2, -0.15) is 0 Å². The molecule has 1 N–H and O–H groups in total. The van der Waals surface area contributed by atoms with Crippen LogP contribution in [-0.4, -0.2) is 47.0 Å². The molecule has 0 amide bonds. The largest absolute Gasteiger partial charge is 0.426 e. The quantitative estimate of drug-likeness (QED) is 0.560. The Labute approximate surface area is 178 Å². The number of thioether (sulfide) groups is 1. The topological polar surface area (TPSA) is 49.8 Å². The maximum absolute atomic E-state index is 13.0. The lowest BCUT2D eigenvalue weighted by atomic mass is 9.84. The van der Waals surface area contributed by atoms with Gasteiger partial charge in [0.1, 0.15) is 5.75 Å². The zero-order chi connectivity index (χ0) is 21.0. The van der Waals surface area contributed by atoms with Gasteiger partial charge >= 0.3 is 5.97 Å². The summed E-state index contributed by atoms with van der Waals surface area (Å²) in [5.74, 6) is -0.389. The number of carbonyl (C=O) groups excluding carboxylic acids is 1. The summed E-state index contributed by atoms with van der Waals surface area (Å²) in [4.78, 5) is 16.3. The molecule has 0 aromatic heterocycles. The Morgan fingerprint density at radius 2 is 1.66 bits per heavy atom. The van der Waals surface area contributed by atoms with E-state index < -0.39 is 16.8 Å². The molecule has 29 heavy (non-hydrogen) atoms. The molecule has 3 rings (SSSR count). The summed E-state index contributed by atoms with van der Waals surface area (Å²) in [6, 6.07) is 16.0. The molecule has 1 aliphatic heterocycles. The van der Waals surface area contributed by atoms with Crippen LogP contribution in [0.3, 0.4) is 0 Å². The summed E-state index contributed by atoms with van der Waals surface area (Å²) in [6.45, 7) is 7.44. The van der Waals surface area contributed by atoms with Crippen molar-refractivity contribution < 1.29 is 14.6 Å². The predicted molar refractivity (Wildman–Crippen MR) is 118 cm³/mol. The Balaban J connectivity index is 1.81. The molecule has 0 radical (unpaired) electrons. The van der Waals surface area contributed by atoms with E-state index in [0.717, 1.165) is 42.0 Å². The average molecular weight is 414 g/mol. The van der Waals surface area contributed by atoms with Crippen LogP contribution >= 0.6 is 11.8 Å². The van der Waals surface area contributed by atoms with E-state index in [9.17, 15) is 9.90 Å². The third-order valence-electron chi connectivity index (χ3n) is 5.89. The number of hydrogen-bond acceptors (Lipinski definition) is 5. The van der Waals surface area contributed by atoms with E-state index in [1.54, 1.807) is 18.7 Å². The fourth-order valence-corrected chi connectivity index (χ4v) is 5.39. The van der Waals surface area contributed by atoms with Crippen molar-refractivity contribution in [3.05, 3.63) is 59.7 Å². The first-order valence-corrected chi connectivity index (χ1v) is 11.0. The minimum atomic E-state index is -0.793. The first-order valence-electron chi connectivity index (χ1n) is 10.2. The highest BCUT2D eigenvalue weighted by atomic mass is 32.2. The number of nitrogens with zero attached hydrogens (tertiary/aromatic N) is 1. The average Bonchev–Trinajstić information content (AvgIpc) is 2.72.